The highest BCUT2D eigenvalue weighted by Gasteiger charge is 2.39. The van der Waals surface area contributed by atoms with Crippen molar-refractivity contribution in [3.63, 3.8) is 0 Å². The molecule has 11 heteroatoms. The average molecular weight is 549 g/mol. The highest BCUT2D eigenvalue weighted by atomic mass is 19.4. The number of ether oxygens (including phenoxy) is 2. The molecule has 39 heavy (non-hydrogen) atoms. The number of allylic oxidation sites excluding steroid dienone is 1. The van der Waals surface area contributed by atoms with Crippen molar-refractivity contribution in [3.8, 4) is 5.75 Å². The highest BCUT2D eigenvalue weighted by molar-refractivity contribution is 6.02. The minimum atomic E-state index is -4.69. The Morgan fingerprint density at radius 2 is 1.92 bits per heavy atom. The Morgan fingerprint density at radius 1 is 1.13 bits per heavy atom. The smallest absolute Gasteiger partial charge is 0.417 e. The number of imide groups is 1. The highest BCUT2D eigenvalue weighted by Crippen LogP contribution is 2.37. The summed E-state index contributed by atoms with van der Waals surface area (Å²) in [5.74, 6) is 0.870. The van der Waals surface area contributed by atoms with Gasteiger partial charge in [-0.15, -0.1) is 0 Å². The van der Waals surface area contributed by atoms with Gasteiger partial charge in [0.1, 0.15) is 23.6 Å². The van der Waals surface area contributed by atoms with Gasteiger partial charge in [0.25, 0.3) is 0 Å². The number of hydrogen-bond donors (Lipinski definition) is 0. The first-order chi connectivity index (χ1) is 18.6. The fourth-order valence-electron chi connectivity index (χ4n) is 4.86. The van der Waals surface area contributed by atoms with Crippen LogP contribution in [0.2, 0.25) is 0 Å². The van der Waals surface area contributed by atoms with E-state index in [1.54, 1.807) is 18.1 Å². The molecule has 1 atom stereocenters. The number of carbonyl (C=O) groups excluding carboxylic acids is 2. The first kappa shape index (κ1) is 28.3. The van der Waals surface area contributed by atoms with Crippen LogP contribution in [0.15, 0.2) is 51.4 Å². The van der Waals surface area contributed by atoms with E-state index in [2.05, 4.69) is 0 Å². The molecule has 1 aromatic carbocycles. The summed E-state index contributed by atoms with van der Waals surface area (Å²) in [7, 11) is 1.58. The Kier molecular flexibility index (Phi) is 8.66. The molecule has 1 aliphatic carbocycles. The van der Waals surface area contributed by atoms with E-state index in [4.69, 9.17) is 13.9 Å². The lowest BCUT2D eigenvalue weighted by Crippen LogP contribution is -2.39. The first-order valence-electron chi connectivity index (χ1n) is 13.0. The van der Waals surface area contributed by atoms with E-state index in [0.717, 1.165) is 5.76 Å². The summed E-state index contributed by atoms with van der Waals surface area (Å²) in [5.41, 5.74) is -1.77. The molecular weight excluding hydrogens is 517 g/mol. The van der Waals surface area contributed by atoms with Crippen LogP contribution in [0.5, 0.6) is 5.75 Å². The third-order valence-electron chi connectivity index (χ3n) is 6.82. The maximum Gasteiger partial charge on any atom is 0.417 e. The van der Waals surface area contributed by atoms with Crippen molar-refractivity contribution in [1.82, 2.24) is 9.80 Å². The lowest BCUT2D eigenvalue weighted by atomic mass is 10.0. The maximum atomic E-state index is 13.5. The topological polar surface area (TPSA) is 89.3 Å². The molecule has 2 aliphatic rings. The van der Waals surface area contributed by atoms with Crippen molar-refractivity contribution in [2.45, 2.75) is 57.7 Å². The van der Waals surface area contributed by atoms with Crippen LogP contribution in [0.3, 0.4) is 0 Å². The number of methoxy groups -OCH3 is 1. The number of urea groups is 1. The van der Waals surface area contributed by atoms with Gasteiger partial charge in [-0.3, -0.25) is 9.69 Å². The molecule has 1 aliphatic heterocycles. The SMILES string of the molecule is CCCc1c(OCCCCCN2C(=O)CN(C3C=CC(OC)=CC3)C2=O)ccc2c(C(F)(F)F)cc(=O)oc12. The Labute approximate surface area is 223 Å². The molecule has 8 nitrogen and oxygen atoms in total. The standard InChI is InChI=1S/C28H31F3N2O6/c1-3-7-21-23(13-12-20-22(28(29,30)31)16-25(35)39-26(20)21)38-15-6-4-5-14-32-24(34)17-33(27(32)36)18-8-10-19(37-2)11-9-18/h8,10-13,16,18H,3-7,9,14-15,17H2,1-2H3. The minimum absolute atomic E-state index is 0.0431. The van der Waals surface area contributed by atoms with Gasteiger partial charge in [0.05, 0.1) is 25.3 Å². The zero-order chi connectivity index (χ0) is 28.2. The van der Waals surface area contributed by atoms with Gasteiger partial charge in [0.15, 0.2) is 0 Å². The zero-order valence-corrected chi connectivity index (χ0v) is 21.9. The van der Waals surface area contributed by atoms with Gasteiger partial charge in [0, 0.05) is 23.6 Å². The van der Waals surface area contributed by atoms with E-state index >= 15 is 0 Å². The second-order valence-corrected chi connectivity index (χ2v) is 9.48. The fraction of sp³-hybridized carbons (Fsp3) is 0.464. The number of benzene rings is 1. The number of halogens is 3. The summed E-state index contributed by atoms with van der Waals surface area (Å²) in [6.07, 6.45) is 4.29. The van der Waals surface area contributed by atoms with Crippen molar-refractivity contribution >= 4 is 22.9 Å². The first-order valence-corrected chi connectivity index (χ1v) is 13.0. The molecular formula is C28H31F3N2O6. The van der Waals surface area contributed by atoms with Crippen molar-refractivity contribution < 1.29 is 36.7 Å². The number of rotatable bonds is 11. The molecule has 0 radical (unpaired) electrons. The molecule has 1 aromatic heterocycles. The van der Waals surface area contributed by atoms with Crippen LogP contribution in [0.4, 0.5) is 18.0 Å². The molecule has 210 valence electrons. The summed E-state index contributed by atoms with van der Waals surface area (Å²) >= 11 is 0. The van der Waals surface area contributed by atoms with Gasteiger partial charge in [-0.25, -0.2) is 9.59 Å². The molecule has 1 unspecified atom stereocenters. The van der Waals surface area contributed by atoms with Crippen LogP contribution in [-0.4, -0.2) is 54.6 Å². The zero-order valence-electron chi connectivity index (χ0n) is 21.9. The largest absolute Gasteiger partial charge is 0.497 e. The number of nitrogens with zero attached hydrogens (tertiary/aromatic N) is 2. The van der Waals surface area contributed by atoms with Crippen LogP contribution < -0.4 is 10.4 Å². The summed E-state index contributed by atoms with van der Waals surface area (Å²) in [4.78, 5) is 40.0. The molecule has 2 aromatic rings. The van der Waals surface area contributed by atoms with Gasteiger partial charge in [-0.2, -0.15) is 13.2 Å². The lowest BCUT2D eigenvalue weighted by Gasteiger charge is -2.25. The molecule has 4 rings (SSSR count). The normalized spacial score (nSPS) is 17.8. The Morgan fingerprint density at radius 3 is 2.59 bits per heavy atom. The second kappa shape index (κ2) is 12.0. The molecule has 0 N–H and O–H groups in total. The van der Waals surface area contributed by atoms with Crippen LogP contribution in [-0.2, 0) is 22.1 Å². The predicted molar refractivity (Wildman–Crippen MR) is 137 cm³/mol. The third kappa shape index (κ3) is 6.29. The van der Waals surface area contributed by atoms with Crippen molar-refractivity contribution in [2.24, 2.45) is 0 Å². The second-order valence-electron chi connectivity index (χ2n) is 9.48. The van der Waals surface area contributed by atoms with E-state index in [9.17, 15) is 27.6 Å². The quantitative estimate of drug-likeness (QED) is 0.211. The van der Waals surface area contributed by atoms with Gasteiger partial charge in [-0.05, 0) is 56.4 Å². The summed E-state index contributed by atoms with van der Waals surface area (Å²) in [5, 5.41) is -0.175. The molecule has 2 heterocycles. The minimum Gasteiger partial charge on any atom is -0.497 e. The third-order valence-corrected chi connectivity index (χ3v) is 6.82. The molecule has 3 amide bonds. The van der Waals surface area contributed by atoms with E-state index in [-0.39, 0.29) is 42.1 Å². The molecule has 1 saturated heterocycles. The summed E-state index contributed by atoms with van der Waals surface area (Å²) < 4.78 is 56.6. The van der Waals surface area contributed by atoms with E-state index < -0.39 is 17.4 Å². The van der Waals surface area contributed by atoms with Gasteiger partial charge >= 0.3 is 17.8 Å². The number of aryl methyl sites for hydroxylation is 1. The number of alkyl halides is 3. The average Bonchev–Trinajstić information content (AvgIpc) is 3.19. The van der Waals surface area contributed by atoms with Crippen LogP contribution >= 0.6 is 0 Å². The number of hydrogen-bond acceptors (Lipinski definition) is 6. The number of carbonyl (C=O) groups is 2. The van der Waals surface area contributed by atoms with Crippen LogP contribution in [0.1, 0.15) is 50.2 Å². The molecule has 0 spiro atoms. The lowest BCUT2D eigenvalue weighted by molar-refractivity contribution is -0.136. The van der Waals surface area contributed by atoms with Gasteiger partial charge < -0.3 is 18.8 Å². The van der Waals surface area contributed by atoms with Crippen molar-refractivity contribution in [1.29, 1.82) is 0 Å². The van der Waals surface area contributed by atoms with E-state index in [0.29, 0.717) is 62.4 Å². The maximum absolute atomic E-state index is 13.5. The predicted octanol–water partition coefficient (Wildman–Crippen LogP) is 5.44. The fourth-order valence-corrected chi connectivity index (χ4v) is 4.86. The monoisotopic (exact) mass is 548 g/mol. The Balaban J connectivity index is 1.31. The van der Waals surface area contributed by atoms with Gasteiger partial charge in [-0.1, -0.05) is 19.4 Å². The summed E-state index contributed by atoms with van der Waals surface area (Å²) in [6, 6.07) is 2.71. The Hall–Kier alpha value is -3.76. The van der Waals surface area contributed by atoms with Gasteiger partial charge in [0.2, 0.25) is 5.91 Å². The van der Waals surface area contributed by atoms with Crippen LogP contribution in [0, 0.1) is 0 Å². The molecule has 0 saturated carbocycles. The Bertz CT molecular complexity index is 1350. The number of fused-ring (bicyclic) bond motifs is 1. The molecule has 1 fully saturated rings. The van der Waals surface area contributed by atoms with Crippen LogP contribution in [0.25, 0.3) is 11.0 Å². The summed E-state index contributed by atoms with van der Waals surface area (Å²) in [6.45, 7) is 2.49. The van der Waals surface area contributed by atoms with E-state index in [1.165, 1.54) is 17.0 Å². The molecule has 0 bridgehead atoms. The van der Waals surface area contributed by atoms with Crippen molar-refractivity contribution in [3.05, 3.63) is 63.7 Å². The van der Waals surface area contributed by atoms with Crippen molar-refractivity contribution in [2.75, 3.05) is 26.8 Å². The van der Waals surface area contributed by atoms with E-state index in [1.807, 2.05) is 19.1 Å². The number of unbranched alkanes of at least 4 members (excludes halogenated alkanes) is 2. The number of amides is 3.